The Morgan fingerprint density at radius 2 is 2.15 bits per heavy atom. The molecule has 4 rings (SSSR count). The van der Waals surface area contributed by atoms with E-state index in [1.54, 1.807) is 0 Å². The number of piperazine rings is 1. The lowest BCUT2D eigenvalue weighted by Crippen LogP contribution is -2.56. The highest BCUT2D eigenvalue weighted by Crippen LogP contribution is 2.36. The normalized spacial score (nSPS) is 25.4. The molecule has 1 aromatic rings. The van der Waals surface area contributed by atoms with E-state index >= 15 is 0 Å². The van der Waals surface area contributed by atoms with E-state index in [1.807, 2.05) is 61.8 Å². The van der Waals surface area contributed by atoms with Crippen LogP contribution in [0.4, 0.5) is 10.5 Å². The van der Waals surface area contributed by atoms with Crippen molar-refractivity contribution in [1.82, 2.24) is 15.1 Å². The van der Waals surface area contributed by atoms with Crippen LogP contribution in [0, 0.1) is 18.3 Å². The molecule has 1 aromatic carbocycles. The van der Waals surface area contributed by atoms with Gasteiger partial charge in [0.2, 0.25) is 5.91 Å². The van der Waals surface area contributed by atoms with Gasteiger partial charge in [-0.3, -0.25) is 9.69 Å². The first kappa shape index (κ1) is 24.1. The van der Waals surface area contributed by atoms with Gasteiger partial charge in [-0.2, -0.15) is 5.26 Å². The van der Waals surface area contributed by atoms with Crippen LogP contribution < -0.4 is 10.2 Å². The van der Waals surface area contributed by atoms with Crippen LogP contribution in [0.5, 0.6) is 0 Å². The van der Waals surface area contributed by atoms with Crippen molar-refractivity contribution in [2.24, 2.45) is 0 Å². The summed E-state index contributed by atoms with van der Waals surface area (Å²) < 4.78 is 5.50. The molecule has 3 heterocycles. The number of nitriles is 1. The molecule has 1 N–H and O–H groups in total. The predicted molar refractivity (Wildman–Crippen MR) is 130 cm³/mol. The zero-order chi connectivity index (χ0) is 24.6. The smallest absolute Gasteiger partial charge is 0.408 e. The van der Waals surface area contributed by atoms with E-state index in [0.717, 1.165) is 43.6 Å². The molecule has 182 valence electrons. The van der Waals surface area contributed by atoms with Gasteiger partial charge in [-0.25, -0.2) is 4.79 Å². The number of benzene rings is 1. The van der Waals surface area contributed by atoms with E-state index < -0.39 is 17.7 Å². The number of likely N-dealkylation sites (tertiary alicyclic amines) is 2. The summed E-state index contributed by atoms with van der Waals surface area (Å²) in [5, 5.41) is 12.5. The van der Waals surface area contributed by atoms with Crippen LogP contribution >= 0.6 is 0 Å². The molecule has 0 saturated carbocycles. The molecule has 4 atom stereocenters. The first-order valence-electron chi connectivity index (χ1n) is 12.1. The topological polar surface area (TPSA) is 88.9 Å². The third-order valence-electron chi connectivity index (χ3n) is 6.83. The molecular weight excluding hydrogens is 430 g/mol. The fraction of sp³-hybridized carbons (Fsp3) is 0.577. The van der Waals surface area contributed by atoms with Gasteiger partial charge in [0.05, 0.1) is 24.2 Å². The van der Waals surface area contributed by atoms with E-state index in [2.05, 4.69) is 22.9 Å². The first-order valence-corrected chi connectivity index (χ1v) is 12.1. The summed E-state index contributed by atoms with van der Waals surface area (Å²) in [5.41, 5.74) is 2.13. The van der Waals surface area contributed by atoms with Gasteiger partial charge in [0.25, 0.3) is 0 Å². The number of carbonyl (C=O) groups excluding carboxylic acids is 2. The molecule has 0 aliphatic carbocycles. The van der Waals surface area contributed by atoms with Crippen molar-refractivity contribution in [2.45, 2.75) is 76.7 Å². The van der Waals surface area contributed by atoms with Gasteiger partial charge in [0.15, 0.2) is 0 Å². The predicted octanol–water partition coefficient (Wildman–Crippen LogP) is 3.18. The second-order valence-electron chi connectivity index (χ2n) is 10.6. The van der Waals surface area contributed by atoms with Gasteiger partial charge in [0.1, 0.15) is 11.6 Å². The summed E-state index contributed by atoms with van der Waals surface area (Å²) in [5.74, 6) is 0.0968. The zero-order valence-corrected chi connectivity index (χ0v) is 20.6. The van der Waals surface area contributed by atoms with Crippen LogP contribution in [0.1, 0.15) is 45.6 Å². The summed E-state index contributed by atoms with van der Waals surface area (Å²) in [7, 11) is 0. The minimum atomic E-state index is -0.629. The Balaban J connectivity index is 1.49. The minimum absolute atomic E-state index is 0.0968. The summed E-state index contributed by atoms with van der Waals surface area (Å²) in [6.07, 6.45) is 1.94. The van der Waals surface area contributed by atoms with Crippen molar-refractivity contribution in [3.8, 4) is 6.07 Å². The number of hydrogen-bond donors (Lipinski definition) is 1. The number of anilines is 1. The number of rotatable bonds is 6. The first-order chi connectivity index (χ1) is 16.1. The largest absolute Gasteiger partial charge is 0.444 e. The Hall–Kier alpha value is -3.05. The van der Waals surface area contributed by atoms with Crippen molar-refractivity contribution in [3.63, 3.8) is 0 Å². The molecule has 0 spiro atoms. The molecule has 3 unspecified atom stereocenters. The zero-order valence-electron chi connectivity index (χ0n) is 20.6. The second kappa shape index (κ2) is 9.30. The highest BCUT2D eigenvalue weighted by atomic mass is 16.6. The minimum Gasteiger partial charge on any atom is -0.444 e. The number of carbonyl (C=O) groups is 2. The maximum atomic E-state index is 13.3. The summed E-state index contributed by atoms with van der Waals surface area (Å²) in [4.78, 5) is 32.0. The van der Waals surface area contributed by atoms with Gasteiger partial charge in [-0.15, -0.1) is 0 Å². The van der Waals surface area contributed by atoms with Crippen molar-refractivity contribution >= 4 is 17.7 Å². The molecule has 0 aromatic heterocycles. The van der Waals surface area contributed by atoms with Crippen LogP contribution in [-0.4, -0.2) is 71.2 Å². The number of aryl methyl sites for hydroxylation is 1. The molecule has 8 nitrogen and oxygen atoms in total. The van der Waals surface area contributed by atoms with E-state index in [1.165, 1.54) is 0 Å². The molecule has 3 fully saturated rings. The maximum Gasteiger partial charge on any atom is 0.408 e. The molecule has 2 amide bonds. The Labute approximate surface area is 202 Å². The van der Waals surface area contributed by atoms with Crippen molar-refractivity contribution in [2.75, 3.05) is 24.5 Å². The Kier molecular flexibility index (Phi) is 6.59. The van der Waals surface area contributed by atoms with Gasteiger partial charge in [0, 0.05) is 31.0 Å². The molecular formula is C26H35N5O3. The SMILES string of the molecule is C=C(C(CN1C[C@@H]2CC1C(=O)N2c1cccc(C)c1)NC(=O)OC(C)(C)C)N1CCCC1C#N. The van der Waals surface area contributed by atoms with E-state index in [4.69, 9.17) is 4.74 Å². The van der Waals surface area contributed by atoms with Crippen molar-refractivity contribution < 1.29 is 14.3 Å². The van der Waals surface area contributed by atoms with Crippen LogP contribution in [-0.2, 0) is 9.53 Å². The van der Waals surface area contributed by atoms with Crippen LogP contribution in [0.25, 0.3) is 0 Å². The third kappa shape index (κ3) is 4.90. The number of nitrogens with zero attached hydrogens (tertiary/aromatic N) is 4. The highest BCUT2D eigenvalue weighted by Gasteiger charge is 2.50. The Bertz CT molecular complexity index is 1010. The number of nitrogens with one attached hydrogen (secondary N) is 1. The third-order valence-corrected chi connectivity index (χ3v) is 6.83. The molecule has 3 aliphatic rings. The fourth-order valence-corrected chi connectivity index (χ4v) is 5.34. The number of hydrogen-bond acceptors (Lipinski definition) is 6. The van der Waals surface area contributed by atoms with E-state index in [0.29, 0.717) is 12.2 Å². The standard InChI is InChI=1S/C26H35N5O3/c1-17-8-6-9-19(12-17)31-21-13-23(24(31)32)29(15-21)16-22(28-25(33)34-26(3,4)5)18(2)30-11-7-10-20(30)14-27/h6,8-9,12,20-23H,2,7,10-11,13,15-16H2,1,3-5H3,(H,28,33)/t20?,21-,22?,23?/m0/s1. The summed E-state index contributed by atoms with van der Waals surface area (Å²) in [6, 6.07) is 9.56. The van der Waals surface area contributed by atoms with Crippen LogP contribution in [0.3, 0.4) is 0 Å². The lowest BCUT2D eigenvalue weighted by molar-refractivity contribution is -0.122. The summed E-state index contributed by atoms with van der Waals surface area (Å²) >= 11 is 0. The molecule has 34 heavy (non-hydrogen) atoms. The number of amides is 2. The van der Waals surface area contributed by atoms with Gasteiger partial charge in [-0.05, 0) is 64.7 Å². The average Bonchev–Trinajstić information content (AvgIpc) is 3.45. The number of ether oxygens (including phenoxy) is 1. The fourth-order valence-electron chi connectivity index (χ4n) is 5.34. The van der Waals surface area contributed by atoms with Gasteiger partial charge >= 0.3 is 6.09 Å². The number of fused-ring (bicyclic) bond motifs is 2. The highest BCUT2D eigenvalue weighted by molar-refractivity contribution is 6.01. The number of alkyl carbamates (subject to hydrolysis) is 1. The molecule has 2 bridgehead atoms. The molecule has 0 radical (unpaired) electrons. The van der Waals surface area contributed by atoms with Crippen molar-refractivity contribution in [1.29, 1.82) is 5.26 Å². The Morgan fingerprint density at radius 1 is 1.38 bits per heavy atom. The Morgan fingerprint density at radius 3 is 2.79 bits per heavy atom. The average molecular weight is 466 g/mol. The molecule has 3 aliphatic heterocycles. The van der Waals surface area contributed by atoms with Crippen LogP contribution in [0.2, 0.25) is 0 Å². The maximum absolute atomic E-state index is 13.3. The van der Waals surface area contributed by atoms with E-state index in [9.17, 15) is 14.9 Å². The molecule has 3 saturated heterocycles. The van der Waals surface area contributed by atoms with E-state index in [-0.39, 0.29) is 24.0 Å². The lowest BCUT2D eigenvalue weighted by atomic mass is 10.1. The molecule has 8 heteroatoms. The van der Waals surface area contributed by atoms with Crippen LogP contribution in [0.15, 0.2) is 36.5 Å². The monoisotopic (exact) mass is 465 g/mol. The summed E-state index contributed by atoms with van der Waals surface area (Å²) in [6.45, 7) is 13.7. The van der Waals surface area contributed by atoms with Gasteiger partial charge in [-0.1, -0.05) is 18.7 Å². The quantitative estimate of drug-likeness (QED) is 0.694. The van der Waals surface area contributed by atoms with Crippen molar-refractivity contribution in [3.05, 3.63) is 42.1 Å². The second-order valence-corrected chi connectivity index (χ2v) is 10.6. The lowest BCUT2D eigenvalue weighted by Gasteiger charge is -2.38. The van der Waals surface area contributed by atoms with Gasteiger partial charge < -0.3 is 19.9 Å².